The molecule has 1 saturated heterocycles. The number of unbranched alkanes of at least 4 members (excludes halogenated alkanes) is 13. The number of fused-ring (bicyclic) bond motifs is 1. The Kier molecular flexibility index (Phi) is 19.4. The number of nitrogens with one attached hydrogen (secondary N) is 2. The molecule has 0 spiro atoms. The molecule has 1 unspecified atom stereocenters. The quantitative estimate of drug-likeness (QED) is 0.0283. The Morgan fingerprint density at radius 2 is 1.59 bits per heavy atom. The van der Waals surface area contributed by atoms with Gasteiger partial charge >= 0.3 is 19.9 Å². The number of hydrogen-bond acceptors (Lipinski definition) is 14. The molecule has 19 heteroatoms. The Hall–Kier alpha value is -3.76. The molecular weight excluding hydrogens is 808 g/mol. The van der Waals surface area contributed by atoms with E-state index in [4.69, 9.17) is 45.3 Å². The zero-order chi connectivity index (χ0) is 42.8. The number of hydrogen-bond donors (Lipinski definition) is 3. The van der Waals surface area contributed by atoms with E-state index in [0.717, 1.165) is 19.3 Å². The van der Waals surface area contributed by atoms with Gasteiger partial charge in [0.2, 0.25) is 5.95 Å². The number of anilines is 2. The summed E-state index contributed by atoms with van der Waals surface area (Å²) >= 11 is 6.60. The van der Waals surface area contributed by atoms with Crippen LogP contribution in [0.15, 0.2) is 36.7 Å². The number of halogens is 2. The van der Waals surface area contributed by atoms with Crippen LogP contribution in [-0.2, 0) is 32.8 Å². The molecule has 3 aromatic rings. The first kappa shape index (κ1) is 47.9. The van der Waals surface area contributed by atoms with Crippen molar-refractivity contribution in [3.8, 4) is 5.75 Å². The predicted octanol–water partition coefficient (Wildman–Crippen LogP) is 9.39. The van der Waals surface area contributed by atoms with Crippen molar-refractivity contribution in [2.75, 3.05) is 31.3 Å². The highest BCUT2D eigenvalue weighted by Gasteiger charge is 2.61. The monoisotopic (exact) mass is 869 g/mol. The molecule has 0 saturated carbocycles. The van der Waals surface area contributed by atoms with Gasteiger partial charge in [0.1, 0.15) is 17.9 Å². The van der Waals surface area contributed by atoms with Crippen molar-refractivity contribution < 1.29 is 46.5 Å². The summed E-state index contributed by atoms with van der Waals surface area (Å²) in [4.78, 5) is 38.4. The molecule has 1 aliphatic heterocycles. The first-order chi connectivity index (χ1) is 28.3. The third-order valence-corrected chi connectivity index (χ3v) is 11.7. The SMILES string of the molecule is CCCCCCCCCCCCCCCCOC(=O)O[C@@H]1[C@@H](COP(=O)(N[C@@H](C)C(=O)OC(C)C)Oc2ccccc2)O[C@@H](n2cnc3c(NC)nc(N)nc32)[C@@]1(F)Cl. The van der Waals surface area contributed by atoms with Crippen LogP contribution >= 0.6 is 19.3 Å². The van der Waals surface area contributed by atoms with Gasteiger partial charge in [0.15, 0.2) is 29.3 Å². The van der Waals surface area contributed by atoms with E-state index in [2.05, 4.69) is 32.3 Å². The molecule has 0 aliphatic carbocycles. The van der Waals surface area contributed by atoms with Crippen LogP contribution in [0, 0.1) is 0 Å². The van der Waals surface area contributed by atoms with Crippen molar-refractivity contribution in [2.24, 2.45) is 0 Å². The number of nitrogens with zero attached hydrogens (tertiary/aromatic N) is 4. The van der Waals surface area contributed by atoms with E-state index < -0.39 is 62.2 Å². The minimum atomic E-state index is -4.46. The lowest BCUT2D eigenvalue weighted by Gasteiger charge is -2.26. The number of para-hydroxylation sites is 1. The lowest BCUT2D eigenvalue weighted by atomic mass is 10.0. The molecule has 2 aromatic heterocycles. The van der Waals surface area contributed by atoms with Crippen molar-refractivity contribution in [3.05, 3.63) is 36.7 Å². The minimum Gasteiger partial charge on any atom is -0.462 e. The first-order valence-corrected chi connectivity index (χ1v) is 22.7. The Balaban J connectivity index is 1.41. The van der Waals surface area contributed by atoms with Crippen LogP contribution in [0.1, 0.15) is 124 Å². The second-order valence-electron chi connectivity index (χ2n) is 15.0. The van der Waals surface area contributed by atoms with Crippen LogP contribution in [-0.4, -0.2) is 81.4 Å². The number of rotatable bonds is 27. The van der Waals surface area contributed by atoms with Crippen LogP contribution in [0.3, 0.4) is 0 Å². The number of imidazole rings is 1. The number of carbonyl (C=O) groups is 2. The number of ether oxygens (including phenoxy) is 4. The summed E-state index contributed by atoms with van der Waals surface area (Å²) in [5, 5.41) is 2.44. The summed E-state index contributed by atoms with van der Waals surface area (Å²) in [5.74, 6) is -0.468. The number of aromatic nitrogens is 4. The summed E-state index contributed by atoms with van der Waals surface area (Å²) in [7, 11) is -2.87. The molecule has 4 N–H and O–H groups in total. The molecule has 16 nitrogen and oxygen atoms in total. The molecule has 330 valence electrons. The highest BCUT2D eigenvalue weighted by molar-refractivity contribution is 7.52. The largest absolute Gasteiger partial charge is 0.508 e. The molecule has 1 aromatic carbocycles. The van der Waals surface area contributed by atoms with Gasteiger partial charge in [-0.3, -0.25) is 13.9 Å². The van der Waals surface area contributed by atoms with E-state index in [9.17, 15) is 14.2 Å². The third-order valence-electron chi connectivity index (χ3n) is 9.65. The van der Waals surface area contributed by atoms with Gasteiger partial charge in [-0.05, 0) is 39.3 Å². The van der Waals surface area contributed by atoms with Gasteiger partial charge in [-0.2, -0.15) is 15.1 Å². The number of nitrogen functional groups attached to an aromatic ring is 1. The van der Waals surface area contributed by atoms with Gasteiger partial charge in [-0.1, -0.05) is 120 Å². The fraction of sp³-hybridized carbons (Fsp3) is 0.675. The van der Waals surface area contributed by atoms with Gasteiger partial charge in [0.25, 0.3) is 5.13 Å². The fourth-order valence-electron chi connectivity index (χ4n) is 6.62. The highest BCUT2D eigenvalue weighted by atomic mass is 35.5. The average molecular weight is 870 g/mol. The van der Waals surface area contributed by atoms with Gasteiger partial charge in [-0.15, -0.1) is 0 Å². The summed E-state index contributed by atoms with van der Waals surface area (Å²) in [6.45, 7) is 6.32. The van der Waals surface area contributed by atoms with Gasteiger partial charge in [0, 0.05) is 7.05 Å². The number of benzene rings is 1. The molecule has 0 bridgehead atoms. The smallest absolute Gasteiger partial charge is 0.462 e. The molecule has 0 radical (unpaired) electrons. The second-order valence-corrected chi connectivity index (χ2v) is 17.2. The van der Waals surface area contributed by atoms with E-state index >= 15 is 4.39 Å². The summed E-state index contributed by atoms with van der Waals surface area (Å²) in [5.41, 5.74) is 6.22. The molecule has 1 aliphatic rings. The Morgan fingerprint density at radius 1 is 0.983 bits per heavy atom. The standard InChI is InChI=1S/C40H62ClFN7O9P/c1-6-7-8-9-10-11-12-13-14-15-16-17-18-22-25-53-39(51)57-33-31(56-37(40(33,41)42)49-27-45-32-34(44-5)46-38(43)47-35(32)49)26-54-59(52,58-30-23-20-19-21-24-30)48-29(4)36(50)55-28(2)3/h19-21,23-24,27-29,31,33,37H,6-18,22,25-26H2,1-5H3,(H,48,52)(H3,43,44,46,47)/t29-,31+,33+,37+,40+,59?/m0/s1. The number of alkyl halides is 2. The second kappa shape index (κ2) is 23.9. The van der Waals surface area contributed by atoms with Crippen LogP contribution in [0.2, 0.25) is 0 Å². The summed E-state index contributed by atoms with van der Waals surface area (Å²) < 4.78 is 66.1. The maximum atomic E-state index is 17.0. The van der Waals surface area contributed by atoms with Crippen molar-refractivity contribution >= 4 is 54.4 Å². The van der Waals surface area contributed by atoms with E-state index in [0.29, 0.717) is 6.42 Å². The predicted molar refractivity (Wildman–Crippen MR) is 224 cm³/mol. The lowest BCUT2D eigenvalue weighted by molar-refractivity contribution is -0.149. The van der Waals surface area contributed by atoms with Gasteiger partial charge in [-0.25, -0.2) is 18.7 Å². The van der Waals surface area contributed by atoms with Crippen LogP contribution < -0.4 is 20.7 Å². The van der Waals surface area contributed by atoms with E-state index in [1.807, 2.05) is 0 Å². The van der Waals surface area contributed by atoms with Crippen molar-refractivity contribution in [3.63, 3.8) is 0 Å². The number of carbonyl (C=O) groups excluding carboxylic acids is 2. The normalized spacial score (nSPS) is 20.6. The van der Waals surface area contributed by atoms with Crippen molar-refractivity contribution in [1.82, 2.24) is 24.6 Å². The molecule has 6 atom stereocenters. The first-order valence-electron chi connectivity index (χ1n) is 20.8. The van der Waals surface area contributed by atoms with Crippen molar-refractivity contribution in [1.29, 1.82) is 0 Å². The summed E-state index contributed by atoms with van der Waals surface area (Å²) in [6.07, 6.45) is 10.8. The molecule has 0 amide bonds. The maximum absolute atomic E-state index is 17.0. The summed E-state index contributed by atoms with van der Waals surface area (Å²) in [6, 6.07) is 6.90. The topological polar surface area (TPSA) is 200 Å². The molecular formula is C40H62ClFN7O9P. The van der Waals surface area contributed by atoms with E-state index in [-0.39, 0.29) is 35.3 Å². The molecule has 4 rings (SSSR count). The minimum absolute atomic E-state index is 0.0418. The van der Waals surface area contributed by atoms with Crippen molar-refractivity contribution in [2.45, 2.75) is 153 Å². The number of esters is 1. The van der Waals surface area contributed by atoms with Crippen LogP contribution in [0.5, 0.6) is 5.75 Å². The molecule has 1 fully saturated rings. The lowest BCUT2D eigenvalue weighted by Crippen LogP contribution is -2.43. The Bertz CT molecular complexity index is 1790. The van der Waals surface area contributed by atoms with E-state index in [1.54, 1.807) is 39.1 Å². The highest BCUT2D eigenvalue weighted by Crippen LogP contribution is 2.50. The third kappa shape index (κ3) is 14.7. The van der Waals surface area contributed by atoms with Crippen LogP contribution in [0.4, 0.5) is 21.0 Å². The van der Waals surface area contributed by atoms with Crippen LogP contribution in [0.25, 0.3) is 11.2 Å². The Labute approximate surface area is 351 Å². The van der Waals surface area contributed by atoms with Gasteiger partial charge in [0.05, 0.1) is 25.6 Å². The number of nitrogens with two attached hydrogens (primary N) is 1. The molecule has 59 heavy (non-hydrogen) atoms. The Morgan fingerprint density at radius 3 is 2.19 bits per heavy atom. The fourth-order valence-corrected chi connectivity index (χ4v) is 8.47. The van der Waals surface area contributed by atoms with E-state index in [1.165, 1.54) is 94.2 Å². The zero-order valence-electron chi connectivity index (χ0n) is 34.9. The van der Waals surface area contributed by atoms with Gasteiger partial charge < -0.3 is 34.5 Å². The maximum Gasteiger partial charge on any atom is 0.508 e. The average Bonchev–Trinajstić information content (AvgIpc) is 3.71. The molecule has 3 heterocycles. The zero-order valence-corrected chi connectivity index (χ0v) is 36.6.